The van der Waals surface area contributed by atoms with Crippen molar-refractivity contribution in [3.8, 4) is 0 Å². The molecule has 0 atom stereocenters. The first-order valence-corrected chi connectivity index (χ1v) is 5.58. The molecule has 1 heterocycles. The van der Waals surface area contributed by atoms with Crippen LogP contribution in [-0.2, 0) is 11.2 Å². The van der Waals surface area contributed by atoms with E-state index in [2.05, 4.69) is 9.72 Å². The van der Waals surface area contributed by atoms with Crippen LogP contribution in [0.4, 0.5) is 8.78 Å². The van der Waals surface area contributed by atoms with E-state index in [0.717, 1.165) is 18.2 Å². The van der Waals surface area contributed by atoms with Crippen LogP contribution in [0.1, 0.15) is 21.6 Å². The second kappa shape index (κ2) is 5.56. The first-order valence-electron chi connectivity index (χ1n) is 5.58. The smallest absolute Gasteiger partial charge is 0.339 e. The molecule has 0 radical (unpaired) electrons. The molecule has 0 spiro atoms. The van der Waals surface area contributed by atoms with Crippen molar-refractivity contribution in [1.29, 1.82) is 0 Å². The number of aromatic nitrogens is 1. The van der Waals surface area contributed by atoms with E-state index >= 15 is 0 Å². The number of rotatable bonds is 3. The van der Waals surface area contributed by atoms with Gasteiger partial charge in [0.1, 0.15) is 11.6 Å². The number of pyridine rings is 1. The number of halogens is 2. The van der Waals surface area contributed by atoms with Gasteiger partial charge in [0, 0.05) is 12.6 Å². The molecule has 0 saturated carbocycles. The molecule has 98 valence electrons. The monoisotopic (exact) mass is 263 g/mol. The van der Waals surface area contributed by atoms with Crippen LogP contribution in [0.2, 0.25) is 0 Å². The molecule has 3 nitrogen and oxygen atoms in total. The lowest BCUT2D eigenvalue weighted by atomic mass is 10.0. The van der Waals surface area contributed by atoms with Gasteiger partial charge < -0.3 is 4.74 Å². The Hall–Kier alpha value is -2.30. The van der Waals surface area contributed by atoms with Crippen molar-refractivity contribution in [2.75, 3.05) is 7.11 Å². The molecule has 0 unspecified atom stereocenters. The predicted molar refractivity (Wildman–Crippen MR) is 64.7 cm³/mol. The first-order chi connectivity index (χ1) is 9.11. The van der Waals surface area contributed by atoms with Gasteiger partial charge >= 0.3 is 5.97 Å². The molecule has 19 heavy (non-hydrogen) atoms. The van der Waals surface area contributed by atoms with Gasteiger partial charge in [-0.3, -0.25) is 4.98 Å². The Bertz CT molecular complexity index is 614. The zero-order chi connectivity index (χ0) is 13.8. The first kappa shape index (κ1) is 13.1. The van der Waals surface area contributed by atoms with E-state index in [0.29, 0.717) is 5.69 Å². The summed E-state index contributed by atoms with van der Waals surface area (Å²) in [6.45, 7) is 0. The van der Waals surface area contributed by atoms with Gasteiger partial charge in [-0.2, -0.15) is 0 Å². The van der Waals surface area contributed by atoms with Crippen LogP contribution < -0.4 is 0 Å². The third kappa shape index (κ3) is 2.93. The predicted octanol–water partition coefficient (Wildman–Crippen LogP) is 2.74. The normalized spacial score (nSPS) is 10.3. The van der Waals surface area contributed by atoms with Crippen LogP contribution in [0.15, 0.2) is 36.5 Å². The molecule has 2 rings (SSSR count). The lowest BCUT2D eigenvalue weighted by molar-refractivity contribution is 0.0599. The van der Waals surface area contributed by atoms with Crippen molar-refractivity contribution in [3.05, 3.63) is 65.0 Å². The number of hydrogen-bond acceptors (Lipinski definition) is 3. The van der Waals surface area contributed by atoms with E-state index in [4.69, 9.17) is 0 Å². The number of carbonyl (C=O) groups excluding carboxylic acids is 1. The maximum absolute atomic E-state index is 13.6. The molecule has 2 aromatic rings. The Morgan fingerprint density at radius 2 is 2.11 bits per heavy atom. The van der Waals surface area contributed by atoms with Crippen LogP contribution >= 0.6 is 0 Å². The highest BCUT2D eigenvalue weighted by Gasteiger charge is 2.14. The van der Waals surface area contributed by atoms with E-state index in [1.165, 1.54) is 19.4 Å². The Morgan fingerprint density at radius 1 is 1.32 bits per heavy atom. The molecule has 0 N–H and O–H groups in total. The molecule has 1 aromatic heterocycles. The van der Waals surface area contributed by atoms with E-state index < -0.39 is 17.6 Å². The van der Waals surface area contributed by atoms with E-state index in [9.17, 15) is 13.6 Å². The zero-order valence-electron chi connectivity index (χ0n) is 10.2. The highest BCUT2D eigenvalue weighted by molar-refractivity contribution is 5.90. The van der Waals surface area contributed by atoms with Crippen molar-refractivity contribution in [2.24, 2.45) is 0 Å². The Balaban J connectivity index is 2.38. The molecule has 5 heteroatoms. The molecule has 0 aliphatic heterocycles. The number of esters is 1. The highest BCUT2D eigenvalue weighted by atomic mass is 19.1. The highest BCUT2D eigenvalue weighted by Crippen LogP contribution is 2.16. The summed E-state index contributed by atoms with van der Waals surface area (Å²) < 4.78 is 31.3. The van der Waals surface area contributed by atoms with Gasteiger partial charge in [-0.15, -0.1) is 0 Å². The Morgan fingerprint density at radius 3 is 2.84 bits per heavy atom. The summed E-state index contributed by atoms with van der Waals surface area (Å²) in [6.07, 6.45) is 1.51. The van der Waals surface area contributed by atoms with Gasteiger partial charge in [0.25, 0.3) is 0 Å². The second-order valence-electron chi connectivity index (χ2n) is 3.90. The summed E-state index contributed by atoms with van der Waals surface area (Å²) in [4.78, 5) is 15.6. The fraction of sp³-hybridized carbons (Fsp3) is 0.143. The van der Waals surface area contributed by atoms with Crippen LogP contribution in [0.3, 0.4) is 0 Å². The number of benzene rings is 1. The van der Waals surface area contributed by atoms with Crippen molar-refractivity contribution in [3.63, 3.8) is 0 Å². The maximum atomic E-state index is 13.6. The minimum absolute atomic E-state index is 0.0227. The standard InChI is InChI=1S/C14H11F2NO2/c1-19-14(18)11-3-2-6-17-13(11)8-9-7-10(15)4-5-12(9)16/h2-7H,8H2,1H3. The fourth-order valence-corrected chi connectivity index (χ4v) is 1.73. The molecule has 0 aliphatic carbocycles. The second-order valence-corrected chi connectivity index (χ2v) is 3.90. The summed E-state index contributed by atoms with van der Waals surface area (Å²) in [5.41, 5.74) is 0.733. The number of methoxy groups -OCH3 is 1. The number of ether oxygens (including phenoxy) is 1. The Labute approximate surface area is 108 Å². The Kier molecular flexibility index (Phi) is 3.85. The van der Waals surface area contributed by atoms with Gasteiger partial charge in [0.15, 0.2) is 0 Å². The molecule has 0 amide bonds. The number of nitrogens with zero attached hydrogens (tertiary/aromatic N) is 1. The molecule has 0 fully saturated rings. The number of hydrogen-bond donors (Lipinski definition) is 0. The molecule has 0 aliphatic rings. The zero-order valence-corrected chi connectivity index (χ0v) is 10.2. The van der Waals surface area contributed by atoms with Crippen LogP contribution in [0.25, 0.3) is 0 Å². The summed E-state index contributed by atoms with van der Waals surface area (Å²) in [5, 5.41) is 0. The molecule has 1 aromatic carbocycles. The van der Waals surface area contributed by atoms with Gasteiger partial charge in [0.05, 0.1) is 18.4 Å². The molecular weight excluding hydrogens is 252 g/mol. The van der Waals surface area contributed by atoms with Gasteiger partial charge in [-0.1, -0.05) is 0 Å². The SMILES string of the molecule is COC(=O)c1cccnc1Cc1cc(F)ccc1F. The molecule has 0 bridgehead atoms. The fourth-order valence-electron chi connectivity index (χ4n) is 1.73. The summed E-state index contributed by atoms with van der Waals surface area (Å²) >= 11 is 0. The van der Waals surface area contributed by atoms with Gasteiger partial charge in [0.2, 0.25) is 0 Å². The molecular formula is C14H11F2NO2. The van der Waals surface area contributed by atoms with E-state index in [-0.39, 0.29) is 17.5 Å². The maximum Gasteiger partial charge on any atom is 0.339 e. The average molecular weight is 263 g/mol. The van der Waals surface area contributed by atoms with Crippen molar-refractivity contribution < 1.29 is 18.3 Å². The van der Waals surface area contributed by atoms with E-state index in [1.54, 1.807) is 6.07 Å². The minimum atomic E-state index is -0.556. The largest absolute Gasteiger partial charge is 0.465 e. The lowest BCUT2D eigenvalue weighted by Gasteiger charge is -2.07. The third-order valence-corrected chi connectivity index (χ3v) is 2.66. The summed E-state index contributed by atoms with van der Waals surface area (Å²) in [7, 11) is 1.25. The van der Waals surface area contributed by atoms with Crippen molar-refractivity contribution in [1.82, 2.24) is 4.98 Å². The third-order valence-electron chi connectivity index (χ3n) is 2.66. The minimum Gasteiger partial charge on any atom is -0.465 e. The van der Waals surface area contributed by atoms with Crippen LogP contribution in [0, 0.1) is 11.6 Å². The molecule has 0 saturated heterocycles. The van der Waals surface area contributed by atoms with Gasteiger partial charge in [-0.05, 0) is 35.9 Å². The van der Waals surface area contributed by atoms with Crippen molar-refractivity contribution >= 4 is 5.97 Å². The average Bonchev–Trinajstić information content (AvgIpc) is 2.42. The lowest BCUT2D eigenvalue weighted by Crippen LogP contribution is -2.08. The van der Waals surface area contributed by atoms with Crippen LogP contribution in [-0.4, -0.2) is 18.1 Å². The van der Waals surface area contributed by atoms with Gasteiger partial charge in [-0.25, -0.2) is 13.6 Å². The summed E-state index contributed by atoms with van der Waals surface area (Å²) in [5.74, 6) is -1.63. The topological polar surface area (TPSA) is 39.2 Å². The quantitative estimate of drug-likeness (QED) is 0.799. The van der Waals surface area contributed by atoms with Crippen LogP contribution in [0.5, 0.6) is 0 Å². The number of carbonyl (C=O) groups is 1. The summed E-state index contributed by atoms with van der Waals surface area (Å²) in [6, 6.07) is 6.29. The van der Waals surface area contributed by atoms with E-state index in [1.807, 2.05) is 0 Å². The van der Waals surface area contributed by atoms with Crippen molar-refractivity contribution in [2.45, 2.75) is 6.42 Å².